The summed E-state index contributed by atoms with van der Waals surface area (Å²) < 4.78 is 5.83. The highest BCUT2D eigenvalue weighted by Crippen LogP contribution is 2.29. The number of aryl methyl sites for hydroxylation is 1. The van der Waals surface area contributed by atoms with Gasteiger partial charge in [-0.2, -0.15) is 0 Å². The zero-order valence-corrected chi connectivity index (χ0v) is 18.0. The minimum Gasteiger partial charge on any atom is -0.436 e. The monoisotopic (exact) mass is 455 g/mol. The summed E-state index contributed by atoms with van der Waals surface area (Å²) in [5.74, 6) is 0.115. The summed E-state index contributed by atoms with van der Waals surface area (Å²) >= 11 is 17.3. The summed E-state index contributed by atoms with van der Waals surface area (Å²) in [6, 6.07) is 17.6. The number of nitrogens with one attached hydrogen (secondary N) is 2. The summed E-state index contributed by atoms with van der Waals surface area (Å²) in [4.78, 5) is 16.9. The third kappa shape index (κ3) is 4.46. The Morgan fingerprint density at radius 3 is 2.63 bits per heavy atom. The van der Waals surface area contributed by atoms with Crippen molar-refractivity contribution in [2.75, 3.05) is 5.32 Å². The largest absolute Gasteiger partial charge is 0.436 e. The lowest BCUT2D eigenvalue weighted by atomic mass is 10.1. The van der Waals surface area contributed by atoms with Crippen LogP contribution in [-0.4, -0.2) is 16.0 Å². The number of oxazole rings is 1. The first-order valence-electron chi connectivity index (χ1n) is 8.94. The highest BCUT2D eigenvalue weighted by Gasteiger charge is 2.13. The molecule has 1 heterocycles. The van der Waals surface area contributed by atoms with Gasteiger partial charge in [0.15, 0.2) is 10.7 Å². The Morgan fingerprint density at radius 2 is 1.83 bits per heavy atom. The summed E-state index contributed by atoms with van der Waals surface area (Å²) in [6.07, 6.45) is 0. The molecule has 3 aromatic carbocycles. The maximum Gasteiger partial charge on any atom is 0.257 e. The minimum absolute atomic E-state index is 0.171. The van der Waals surface area contributed by atoms with Crippen molar-refractivity contribution >= 4 is 63.2 Å². The first-order valence-corrected chi connectivity index (χ1v) is 10.1. The number of thiocarbonyl (C=S) groups is 1. The van der Waals surface area contributed by atoms with Crippen LogP contribution in [0.15, 0.2) is 65.1 Å². The van der Waals surface area contributed by atoms with Gasteiger partial charge in [-0.15, -0.1) is 0 Å². The van der Waals surface area contributed by atoms with Gasteiger partial charge in [-0.3, -0.25) is 10.1 Å². The number of amides is 1. The molecule has 0 bridgehead atoms. The molecule has 0 aliphatic heterocycles. The maximum atomic E-state index is 12.4. The van der Waals surface area contributed by atoms with Crippen LogP contribution in [0.2, 0.25) is 10.0 Å². The van der Waals surface area contributed by atoms with Crippen LogP contribution in [0.25, 0.3) is 22.6 Å². The molecule has 0 atom stereocenters. The summed E-state index contributed by atoms with van der Waals surface area (Å²) in [7, 11) is 0. The molecular formula is C22H15Cl2N3O2S. The second-order valence-electron chi connectivity index (χ2n) is 6.58. The van der Waals surface area contributed by atoms with E-state index in [1.54, 1.807) is 42.5 Å². The molecule has 0 radical (unpaired) electrons. The first-order chi connectivity index (χ1) is 14.4. The molecule has 0 saturated heterocycles. The van der Waals surface area contributed by atoms with Gasteiger partial charge in [0, 0.05) is 26.9 Å². The number of benzene rings is 3. The third-order valence-corrected chi connectivity index (χ3v) is 5.07. The van der Waals surface area contributed by atoms with Crippen LogP contribution in [0.3, 0.4) is 0 Å². The van der Waals surface area contributed by atoms with Crippen LogP contribution in [0, 0.1) is 6.92 Å². The number of rotatable bonds is 3. The topological polar surface area (TPSA) is 67.2 Å². The molecule has 0 aliphatic carbocycles. The lowest BCUT2D eigenvalue weighted by Gasteiger charge is -2.12. The van der Waals surface area contributed by atoms with E-state index >= 15 is 0 Å². The number of nitrogens with zero attached hydrogens (tertiary/aromatic N) is 1. The Bertz CT molecular complexity index is 1290. The summed E-state index contributed by atoms with van der Waals surface area (Å²) in [5.41, 5.74) is 4.17. The number of halogens is 2. The summed E-state index contributed by atoms with van der Waals surface area (Å²) in [6.45, 7) is 1.93. The van der Waals surface area contributed by atoms with Crippen molar-refractivity contribution in [2.45, 2.75) is 6.92 Å². The first kappa shape index (κ1) is 20.3. The fourth-order valence-electron chi connectivity index (χ4n) is 2.87. The van der Waals surface area contributed by atoms with Gasteiger partial charge in [0.1, 0.15) is 5.52 Å². The van der Waals surface area contributed by atoms with E-state index in [4.69, 9.17) is 39.8 Å². The molecule has 4 rings (SSSR count). The molecule has 30 heavy (non-hydrogen) atoms. The van der Waals surface area contributed by atoms with Crippen LogP contribution >= 0.6 is 35.4 Å². The average Bonchev–Trinajstić information content (AvgIpc) is 3.12. The predicted molar refractivity (Wildman–Crippen MR) is 124 cm³/mol. The number of carbonyl (C=O) groups excluding carboxylic acids is 1. The minimum atomic E-state index is -0.348. The molecule has 2 N–H and O–H groups in total. The molecular weight excluding hydrogens is 441 g/mol. The molecule has 1 aromatic heterocycles. The SMILES string of the molecule is Cc1ccc(-c2nc3cc(Cl)ccc3o2)cc1NC(=S)NC(=O)c1cccc(Cl)c1. The Morgan fingerprint density at radius 1 is 1.03 bits per heavy atom. The van der Waals surface area contributed by atoms with E-state index in [9.17, 15) is 4.79 Å². The third-order valence-electron chi connectivity index (χ3n) is 4.40. The van der Waals surface area contributed by atoms with E-state index in [1.165, 1.54) is 0 Å². The van der Waals surface area contributed by atoms with Gasteiger partial charge in [-0.25, -0.2) is 4.98 Å². The summed E-state index contributed by atoms with van der Waals surface area (Å²) in [5, 5.41) is 6.95. The quantitative estimate of drug-likeness (QED) is 0.358. The van der Waals surface area contributed by atoms with E-state index in [1.807, 2.05) is 25.1 Å². The number of carbonyl (C=O) groups is 1. The van der Waals surface area contributed by atoms with Gasteiger partial charge in [0.2, 0.25) is 5.89 Å². The van der Waals surface area contributed by atoms with Gasteiger partial charge in [-0.1, -0.05) is 35.3 Å². The smallest absolute Gasteiger partial charge is 0.257 e. The van der Waals surface area contributed by atoms with Crippen LogP contribution < -0.4 is 10.6 Å². The van der Waals surface area contributed by atoms with E-state index in [0.717, 1.165) is 16.8 Å². The number of hydrogen-bond acceptors (Lipinski definition) is 4. The van der Waals surface area contributed by atoms with Crippen LogP contribution in [-0.2, 0) is 0 Å². The Hall–Kier alpha value is -2.93. The molecule has 0 fully saturated rings. The van der Waals surface area contributed by atoms with Crippen molar-refractivity contribution in [1.82, 2.24) is 10.3 Å². The molecule has 0 aliphatic rings. The fraction of sp³-hybridized carbons (Fsp3) is 0.0455. The lowest BCUT2D eigenvalue weighted by molar-refractivity contribution is 0.0977. The number of fused-ring (bicyclic) bond motifs is 1. The maximum absolute atomic E-state index is 12.4. The van der Waals surface area contributed by atoms with Crippen molar-refractivity contribution in [3.63, 3.8) is 0 Å². The zero-order valence-electron chi connectivity index (χ0n) is 15.7. The average molecular weight is 456 g/mol. The van der Waals surface area contributed by atoms with Gasteiger partial charge in [0.05, 0.1) is 0 Å². The fourth-order valence-corrected chi connectivity index (χ4v) is 3.43. The van der Waals surface area contributed by atoms with Crippen LogP contribution in [0.1, 0.15) is 15.9 Å². The molecule has 0 unspecified atom stereocenters. The van der Waals surface area contributed by atoms with Crippen LogP contribution in [0.5, 0.6) is 0 Å². The zero-order chi connectivity index (χ0) is 21.3. The van der Waals surface area contributed by atoms with Crippen molar-refractivity contribution in [2.24, 2.45) is 0 Å². The Labute approximate surface area is 188 Å². The Balaban J connectivity index is 1.54. The second kappa shape index (κ2) is 8.44. The van der Waals surface area contributed by atoms with Gasteiger partial charge in [0.25, 0.3) is 5.91 Å². The van der Waals surface area contributed by atoms with E-state index < -0.39 is 0 Å². The Kier molecular flexibility index (Phi) is 5.72. The number of hydrogen-bond donors (Lipinski definition) is 2. The number of aromatic nitrogens is 1. The second-order valence-corrected chi connectivity index (χ2v) is 7.86. The standard InChI is InChI=1S/C22H15Cl2N3O2S/c1-12-5-6-14(21-25-18-11-16(24)7-8-19(18)29-21)10-17(12)26-22(30)27-20(28)13-3-2-4-15(23)9-13/h2-11H,1H3,(H2,26,27,28,30). The van der Waals surface area contributed by atoms with Crippen molar-refractivity contribution in [3.8, 4) is 11.5 Å². The van der Waals surface area contributed by atoms with Gasteiger partial charge in [-0.05, 0) is 73.2 Å². The number of anilines is 1. The van der Waals surface area contributed by atoms with E-state index in [-0.39, 0.29) is 11.0 Å². The van der Waals surface area contributed by atoms with Gasteiger partial charge < -0.3 is 9.73 Å². The van der Waals surface area contributed by atoms with Crippen molar-refractivity contribution in [1.29, 1.82) is 0 Å². The molecule has 4 aromatic rings. The van der Waals surface area contributed by atoms with Crippen molar-refractivity contribution < 1.29 is 9.21 Å². The lowest BCUT2D eigenvalue weighted by Crippen LogP contribution is -2.34. The van der Waals surface area contributed by atoms with Gasteiger partial charge >= 0.3 is 0 Å². The van der Waals surface area contributed by atoms with Crippen molar-refractivity contribution in [3.05, 3.63) is 81.8 Å². The molecule has 1 amide bonds. The highest BCUT2D eigenvalue weighted by atomic mass is 35.5. The highest BCUT2D eigenvalue weighted by molar-refractivity contribution is 7.80. The molecule has 8 heteroatoms. The van der Waals surface area contributed by atoms with Crippen LogP contribution in [0.4, 0.5) is 5.69 Å². The normalized spacial score (nSPS) is 10.8. The predicted octanol–water partition coefficient (Wildman–Crippen LogP) is 6.24. The molecule has 0 saturated carbocycles. The molecule has 150 valence electrons. The molecule has 0 spiro atoms. The molecule has 5 nitrogen and oxygen atoms in total. The van der Waals surface area contributed by atoms with E-state index in [2.05, 4.69) is 15.6 Å². The van der Waals surface area contributed by atoms with E-state index in [0.29, 0.717) is 32.6 Å².